The van der Waals surface area contributed by atoms with Crippen LogP contribution in [0.5, 0.6) is 0 Å². The number of hydrogen-bond donors (Lipinski definition) is 0. The monoisotopic (exact) mass is 423 g/mol. The Bertz CT molecular complexity index is 1170. The fourth-order valence-corrected chi connectivity index (χ4v) is 4.98. The van der Waals surface area contributed by atoms with Gasteiger partial charge in [-0.1, -0.05) is 23.7 Å². The molecule has 0 bridgehead atoms. The van der Waals surface area contributed by atoms with Crippen LogP contribution in [0.1, 0.15) is 40.3 Å². The van der Waals surface area contributed by atoms with Gasteiger partial charge in [0, 0.05) is 11.6 Å². The van der Waals surface area contributed by atoms with E-state index in [2.05, 4.69) is 16.1 Å². The lowest BCUT2D eigenvalue weighted by molar-refractivity contribution is 0.0723. The normalized spacial score (nSPS) is 16.6. The summed E-state index contributed by atoms with van der Waals surface area (Å²) in [6, 6.07) is 15.4. The Morgan fingerprint density at radius 2 is 1.93 bits per heavy atom. The lowest BCUT2D eigenvalue weighted by Crippen LogP contribution is -2.31. The zero-order valence-corrected chi connectivity index (χ0v) is 17.3. The largest absolute Gasteiger partial charge is 0.326 e. The third-order valence-electron chi connectivity index (χ3n) is 5.14. The van der Waals surface area contributed by atoms with E-state index >= 15 is 0 Å². The van der Waals surface area contributed by atoms with Gasteiger partial charge in [-0.2, -0.15) is 0 Å². The van der Waals surface area contributed by atoms with Crippen LogP contribution in [-0.4, -0.2) is 37.1 Å². The molecular formula is C21H18ClN5OS. The summed E-state index contributed by atoms with van der Waals surface area (Å²) < 4.78 is 2.81. The number of hydrogen-bond acceptors (Lipinski definition) is 5. The van der Waals surface area contributed by atoms with Crippen molar-refractivity contribution in [2.75, 3.05) is 6.54 Å². The number of likely N-dealkylation sites (tertiary alicyclic amines) is 1. The number of fused-ring (bicyclic) bond motifs is 1. The third kappa shape index (κ3) is 3.30. The predicted octanol–water partition coefficient (Wildman–Crippen LogP) is 4.82. The molecule has 1 amide bonds. The molecule has 0 unspecified atom stereocenters. The second kappa shape index (κ2) is 7.24. The average molecular weight is 424 g/mol. The van der Waals surface area contributed by atoms with Gasteiger partial charge < -0.3 is 4.90 Å². The number of carbonyl (C=O) groups excluding carboxylic acids is 1. The van der Waals surface area contributed by atoms with E-state index < -0.39 is 0 Å². The van der Waals surface area contributed by atoms with Crippen molar-refractivity contribution in [3.63, 3.8) is 0 Å². The summed E-state index contributed by atoms with van der Waals surface area (Å²) >= 11 is 7.63. The van der Waals surface area contributed by atoms with Crippen LogP contribution < -0.4 is 0 Å². The zero-order chi connectivity index (χ0) is 20.0. The van der Waals surface area contributed by atoms with E-state index in [-0.39, 0.29) is 17.8 Å². The highest BCUT2D eigenvalue weighted by Crippen LogP contribution is 2.37. The molecule has 0 N–H and O–H groups in total. The van der Waals surface area contributed by atoms with E-state index in [1.165, 1.54) is 0 Å². The minimum Gasteiger partial charge on any atom is -0.326 e. The number of aromatic nitrogens is 4. The Morgan fingerprint density at radius 3 is 2.72 bits per heavy atom. The van der Waals surface area contributed by atoms with Gasteiger partial charge >= 0.3 is 0 Å². The van der Waals surface area contributed by atoms with Gasteiger partial charge in [-0.15, -0.1) is 16.4 Å². The molecule has 8 heteroatoms. The molecule has 2 aromatic heterocycles. The minimum atomic E-state index is -0.150. The maximum absolute atomic E-state index is 13.2. The smallest absolute Gasteiger partial charge is 0.294 e. The van der Waals surface area contributed by atoms with E-state index in [1.54, 1.807) is 28.2 Å². The maximum atomic E-state index is 13.2. The second-order valence-electron chi connectivity index (χ2n) is 7.05. The van der Waals surface area contributed by atoms with Crippen LogP contribution in [0.25, 0.3) is 15.9 Å². The summed E-state index contributed by atoms with van der Waals surface area (Å²) in [5.74, 6) is 0.722. The average Bonchev–Trinajstić information content (AvgIpc) is 3.45. The van der Waals surface area contributed by atoms with E-state index in [1.807, 2.05) is 42.2 Å². The third-order valence-corrected chi connectivity index (χ3v) is 6.53. The molecular weight excluding hydrogens is 406 g/mol. The van der Waals surface area contributed by atoms with E-state index in [4.69, 9.17) is 16.6 Å². The number of benzene rings is 2. The standard InChI is InChI=1S/C21H18ClN5OS/c1-13-23-19(25-27(13)15-10-8-14(22)9-11-15)21(28)26-12-4-6-17(26)20-24-16-5-2-3-7-18(16)29-20/h2-3,5,7-11,17H,4,6,12H2,1H3/t17-/m0/s1. The number of halogens is 1. The summed E-state index contributed by atoms with van der Waals surface area (Å²) in [6.07, 6.45) is 1.85. The lowest BCUT2D eigenvalue weighted by Gasteiger charge is -2.21. The molecule has 29 heavy (non-hydrogen) atoms. The first kappa shape index (κ1) is 18.3. The summed E-state index contributed by atoms with van der Waals surface area (Å²) in [6.45, 7) is 2.53. The van der Waals surface area contributed by atoms with Crippen molar-refractivity contribution < 1.29 is 4.79 Å². The summed E-state index contributed by atoms with van der Waals surface area (Å²) in [5, 5.41) is 6.11. The Morgan fingerprint density at radius 1 is 1.14 bits per heavy atom. The molecule has 0 spiro atoms. The molecule has 1 saturated heterocycles. The number of thiazole rings is 1. The van der Waals surface area contributed by atoms with Gasteiger partial charge in [0.25, 0.3) is 5.91 Å². The molecule has 4 aromatic rings. The van der Waals surface area contributed by atoms with Crippen molar-refractivity contribution in [1.29, 1.82) is 0 Å². The number of para-hydroxylation sites is 1. The Labute approximate surface area is 176 Å². The number of nitrogens with zero attached hydrogens (tertiary/aromatic N) is 5. The number of rotatable bonds is 3. The maximum Gasteiger partial charge on any atom is 0.294 e. The van der Waals surface area contributed by atoms with Gasteiger partial charge in [0.05, 0.1) is 21.9 Å². The molecule has 5 rings (SSSR count). The Balaban J connectivity index is 1.45. The number of carbonyl (C=O) groups is 1. The zero-order valence-electron chi connectivity index (χ0n) is 15.7. The molecule has 0 saturated carbocycles. The van der Waals surface area contributed by atoms with E-state index in [0.29, 0.717) is 17.4 Å². The van der Waals surface area contributed by atoms with Crippen molar-refractivity contribution >= 4 is 39.1 Å². The molecule has 0 aliphatic carbocycles. The molecule has 146 valence electrons. The first-order valence-electron chi connectivity index (χ1n) is 9.46. The molecule has 1 aliphatic rings. The van der Waals surface area contributed by atoms with Gasteiger partial charge in [-0.05, 0) is 56.2 Å². The van der Waals surface area contributed by atoms with Crippen LogP contribution in [0.15, 0.2) is 48.5 Å². The van der Waals surface area contributed by atoms with Crippen molar-refractivity contribution in [2.24, 2.45) is 0 Å². The quantitative estimate of drug-likeness (QED) is 0.474. The molecule has 0 radical (unpaired) electrons. The van der Waals surface area contributed by atoms with Crippen LogP contribution in [0.4, 0.5) is 0 Å². The van der Waals surface area contributed by atoms with E-state index in [0.717, 1.165) is 33.8 Å². The number of aryl methyl sites for hydroxylation is 1. The Kier molecular flexibility index (Phi) is 4.56. The summed E-state index contributed by atoms with van der Waals surface area (Å²) in [7, 11) is 0. The van der Waals surface area contributed by atoms with Crippen LogP contribution in [-0.2, 0) is 0 Å². The summed E-state index contributed by atoms with van der Waals surface area (Å²) in [4.78, 5) is 24.3. The molecule has 3 heterocycles. The van der Waals surface area contributed by atoms with E-state index in [9.17, 15) is 4.79 Å². The fraction of sp³-hybridized carbons (Fsp3) is 0.238. The van der Waals surface area contributed by atoms with Crippen molar-refractivity contribution in [1.82, 2.24) is 24.6 Å². The molecule has 6 nitrogen and oxygen atoms in total. The SMILES string of the molecule is Cc1nc(C(=O)N2CCC[C@H]2c2nc3ccccc3s2)nn1-c1ccc(Cl)cc1. The molecule has 1 aliphatic heterocycles. The first-order valence-corrected chi connectivity index (χ1v) is 10.7. The van der Waals surface area contributed by atoms with Crippen molar-refractivity contribution in [3.05, 3.63) is 70.2 Å². The van der Waals surface area contributed by atoms with Crippen LogP contribution in [0.2, 0.25) is 5.02 Å². The lowest BCUT2D eigenvalue weighted by atomic mass is 10.2. The predicted molar refractivity (Wildman–Crippen MR) is 114 cm³/mol. The van der Waals surface area contributed by atoms with Gasteiger partial charge in [0.2, 0.25) is 5.82 Å². The first-order chi connectivity index (χ1) is 14.1. The summed E-state index contributed by atoms with van der Waals surface area (Å²) in [5.41, 5.74) is 1.80. The highest BCUT2D eigenvalue weighted by Gasteiger charge is 2.34. The van der Waals surface area contributed by atoms with Gasteiger partial charge in [0.1, 0.15) is 10.8 Å². The second-order valence-corrected chi connectivity index (χ2v) is 8.55. The minimum absolute atomic E-state index is 0.0253. The highest BCUT2D eigenvalue weighted by atomic mass is 35.5. The molecule has 2 aromatic carbocycles. The topological polar surface area (TPSA) is 63.9 Å². The van der Waals surface area contributed by atoms with Gasteiger partial charge in [0.15, 0.2) is 0 Å². The molecule has 1 fully saturated rings. The van der Waals surface area contributed by atoms with Crippen LogP contribution in [0.3, 0.4) is 0 Å². The molecule has 1 atom stereocenters. The number of amides is 1. The highest BCUT2D eigenvalue weighted by molar-refractivity contribution is 7.18. The fourth-order valence-electron chi connectivity index (χ4n) is 3.74. The Hall–Kier alpha value is -2.77. The van der Waals surface area contributed by atoms with Crippen molar-refractivity contribution in [3.8, 4) is 5.69 Å². The van der Waals surface area contributed by atoms with Crippen LogP contribution >= 0.6 is 22.9 Å². The van der Waals surface area contributed by atoms with Crippen molar-refractivity contribution in [2.45, 2.75) is 25.8 Å². The van der Waals surface area contributed by atoms with Gasteiger partial charge in [-0.3, -0.25) is 4.79 Å². The van der Waals surface area contributed by atoms with Crippen LogP contribution in [0, 0.1) is 6.92 Å². The van der Waals surface area contributed by atoms with Gasteiger partial charge in [-0.25, -0.2) is 14.6 Å².